The van der Waals surface area contributed by atoms with Gasteiger partial charge < -0.3 is 0 Å². The SMILES string of the molecule is Cn1cc(S(=O)(=O)N(C2CC2)[C@H]2CCC3=Cc4c(cnn4-c4ccc(F)cc4)C[C@]3(C(=O)c3ncc(C(F)(F)F)s3)C2)cn1. The smallest absolute Gasteiger partial charge is 0.290 e. The average molecular weight is 647 g/mol. The molecule has 3 aliphatic rings. The third-order valence-corrected chi connectivity index (χ3v) is 11.6. The largest absolute Gasteiger partial charge is 0.427 e. The van der Waals surface area contributed by atoms with Crippen molar-refractivity contribution in [3.63, 3.8) is 0 Å². The van der Waals surface area contributed by atoms with Crippen LogP contribution in [0, 0.1) is 11.2 Å². The number of fused-ring (bicyclic) bond motifs is 2. The molecule has 9 nitrogen and oxygen atoms in total. The predicted octanol–water partition coefficient (Wildman–Crippen LogP) is 5.43. The second kappa shape index (κ2) is 10.2. The van der Waals surface area contributed by atoms with Gasteiger partial charge in [0.2, 0.25) is 15.8 Å². The number of halogens is 4. The Kier molecular flexibility index (Phi) is 6.71. The summed E-state index contributed by atoms with van der Waals surface area (Å²) in [5, 5.41) is 8.25. The van der Waals surface area contributed by atoms with E-state index in [9.17, 15) is 30.8 Å². The number of hydrogen-bond donors (Lipinski definition) is 0. The zero-order valence-corrected chi connectivity index (χ0v) is 25.0. The average Bonchev–Trinajstić information content (AvgIpc) is 3.34. The summed E-state index contributed by atoms with van der Waals surface area (Å²) in [7, 11) is -2.35. The van der Waals surface area contributed by atoms with Gasteiger partial charge in [-0.3, -0.25) is 9.48 Å². The maximum atomic E-state index is 14.4. The number of allylic oxidation sites excluding steroid dienone is 1. The number of nitrogens with zero attached hydrogens (tertiary/aromatic N) is 6. The summed E-state index contributed by atoms with van der Waals surface area (Å²) < 4.78 is 86.6. The topological polar surface area (TPSA) is 103 Å². The first-order valence-corrected chi connectivity index (χ1v) is 16.3. The van der Waals surface area contributed by atoms with Crippen molar-refractivity contribution in [2.75, 3.05) is 0 Å². The molecule has 0 N–H and O–H groups in total. The van der Waals surface area contributed by atoms with Crippen LogP contribution in [0.2, 0.25) is 0 Å². The summed E-state index contributed by atoms with van der Waals surface area (Å²) in [6.45, 7) is 0. The minimum absolute atomic E-state index is 0.0508. The fourth-order valence-electron chi connectivity index (χ4n) is 6.48. The first kappa shape index (κ1) is 29.0. The van der Waals surface area contributed by atoms with Crippen molar-refractivity contribution in [1.82, 2.24) is 28.9 Å². The first-order chi connectivity index (χ1) is 20.9. The molecule has 3 aromatic heterocycles. The minimum Gasteiger partial charge on any atom is -0.290 e. The maximum Gasteiger partial charge on any atom is 0.427 e. The quantitative estimate of drug-likeness (QED) is 0.196. The molecule has 0 radical (unpaired) electrons. The van der Waals surface area contributed by atoms with E-state index in [1.54, 1.807) is 30.1 Å². The number of ketones is 1. The highest BCUT2D eigenvalue weighted by molar-refractivity contribution is 7.89. The van der Waals surface area contributed by atoms with E-state index in [0.29, 0.717) is 65.7 Å². The molecule has 7 rings (SSSR count). The molecule has 0 unspecified atom stereocenters. The van der Waals surface area contributed by atoms with Crippen molar-refractivity contribution in [2.24, 2.45) is 12.5 Å². The zero-order valence-electron chi connectivity index (χ0n) is 23.3. The van der Waals surface area contributed by atoms with E-state index < -0.39 is 44.1 Å². The van der Waals surface area contributed by atoms with Crippen molar-refractivity contribution < 1.29 is 30.8 Å². The number of aromatic nitrogens is 5. The van der Waals surface area contributed by atoms with Gasteiger partial charge in [-0.05, 0) is 74.4 Å². The highest BCUT2D eigenvalue weighted by Crippen LogP contribution is 2.53. The van der Waals surface area contributed by atoms with Crippen LogP contribution in [0.5, 0.6) is 0 Å². The number of benzene rings is 1. The van der Waals surface area contributed by atoms with Crippen LogP contribution in [0.15, 0.2) is 59.5 Å². The molecule has 1 aromatic carbocycles. The number of carbonyl (C=O) groups excluding carboxylic acids is 1. The third kappa shape index (κ3) is 4.81. The fraction of sp³-hybridized carbons (Fsp3) is 0.379. The number of carbonyl (C=O) groups is 1. The van der Waals surface area contributed by atoms with Gasteiger partial charge >= 0.3 is 6.18 Å². The summed E-state index contributed by atoms with van der Waals surface area (Å²) in [5.41, 5.74) is 1.33. The number of alkyl halides is 3. The summed E-state index contributed by atoms with van der Waals surface area (Å²) in [6, 6.07) is 4.97. The summed E-state index contributed by atoms with van der Waals surface area (Å²) in [6.07, 6.45) is 4.47. The maximum absolute atomic E-state index is 14.4. The van der Waals surface area contributed by atoms with Crippen LogP contribution >= 0.6 is 11.3 Å². The molecule has 0 aliphatic heterocycles. The molecular weight excluding hydrogens is 620 g/mol. The molecule has 3 heterocycles. The van der Waals surface area contributed by atoms with Gasteiger partial charge in [0.05, 0.1) is 35.4 Å². The molecule has 0 spiro atoms. The highest BCUT2D eigenvalue weighted by Gasteiger charge is 2.54. The fourth-order valence-corrected chi connectivity index (χ4v) is 9.19. The summed E-state index contributed by atoms with van der Waals surface area (Å²) in [4.78, 5) is 17.4. The standard InChI is InChI=1S/C29H26F4N6O3S2/c1-37-16-23(14-35-37)44(41,42)39(21-8-9-21)22-5-2-18-10-24-17(13-36-38(24)20-6-3-19(30)4-7-20)11-28(18,12-22)26(40)27-34-15-25(43-27)29(31,32)33/h3-4,6-7,10,13-16,21-22H,2,5,8-9,11-12H2,1H3/t22-,28-/m0/s1. The van der Waals surface area contributed by atoms with E-state index in [1.807, 2.05) is 6.08 Å². The highest BCUT2D eigenvalue weighted by atomic mass is 32.2. The van der Waals surface area contributed by atoms with Crippen molar-refractivity contribution in [2.45, 2.75) is 61.7 Å². The van der Waals surface area contributed by atoms with Crippen molar-refractivity contribution in [3.8, 4) is 5.69 Å². The van der Waals surface area contributed by atoms with Gasteiger partial charge in [-0.2, -0.15) is 27.7 Å². The predicted molar refractivity (Wildman–Crippen MR) is 152 cm³/mol. The summed E-state index contributed by atoms with van der Waals surface area (Å²) >= 11 is 0.298. The summed E-state index contributed by atoms with van der Waals surface area (Å²) in [5.74, 6) is -0.970. The Balaban J connectivity index is 1.32. The van der Waals surface area contributed by atoms with Crippen LogP contribution in [0.4, 0.5) is 17.6 Å². The Morgan fingerprint density at radius 3 is 2.45 bits per heavy atom. The van der Waals surface area contributed by atoms with Gasteiger partial charge in [0, 0.05) is 25.3 Å². The monoisotopic (exact) mass is 646 g/mol. The Hall–Kier alpha value is -3.69. The van der Waals surface area contributed by atoms with Gasteiger partial charge in [-0.15, -0.1) is 11.3 Å². The van der Waals surface area contributed by atoms with Crippen molar-refractivity contribution in [3.05, 3.63) is 81.6 Å². The lowest BCUT2D eigenvalue weighted by Crippen LogP contribution is -2.51. The van der Waals surface area contributed by atoms with E-state index in [1.165, 1.54) is 33.5 Å². The van der Waals surface area contributed by atoms with E-state index in [0.717, 1.165) is 0 Å². The number of thiazole rings is 1. The molecule has 2 saturated carbocycles. The molecule has 2 atom stereocenters. The molecule has 0 bridgehead atoms. The lowest BCUT2D eigenvalue weighted by Gasteiger charge is -2.46. The molecule has 44 heavy (non-hydrogen) atoms. The Morgan fingerprint density at radius 1 is 1.07 bits per heavy atom. The molecule has 2 fully saturated rings. The van der Waals surface area contributed by atoms with E-state index in [4.69, 9.17) is 0 Å². The number of aryl methyl sites for hydroxylation is 1. The van der Waals surface area contributed by atoms with Crippen LogP contribution in [-0.4, -0.2) is 55.1 Å². The first-order valence-electron chi connectivity index (χ1n) is 14.0. The van der Waals surface area contributed by atoms with E-state index >= 15 is 0 Å². The lowest BCUT2D eigenvalue weighted by atomic mass is 9.61. The van der Waals surface area contributed by atoms with E-state index in [-0.39, 0.29) is 28.8 Å². The molecule has 15 heteroatoms. The Labute approximate surface area is 253 Å². The number of hydrogen-bond acceptors (Lipinski definition) is 7. The molecule has 0 amide bonds. The van der Waals surface area contributed by atoms with Gasteiger partial charge in [-0.1, -0.05) is 5.57 Å². The third-order valence-electron chi connectivity index (χ3n) is 8.64. The van der Waals surface area contributed by atoms with Gasteiger partial charge in [0.25, 0.3) is 0 Å². The molecular formula is C29H26F4N6O3S2. The second-order valence-electron chi connectivity index (χ2n) is 11.5. The number of sulfonamides is 1. The molecule has 0 saturated heterocycles. The second-order valence-corrected chi connectivity index (χ2v) is 14.4. The van der Waals surface area contributed by atoms with Crippen LogP contribution in [-0.2, 0) is 29.7 Å². The van der Waals surface area contributed by atoms with Crippen molar-refractivity contribution in [1.29, 1.82) is 0 Å². The van der Waals surface area contributed by atoms with Gasteiger partial charge in [0.1, 0.15) is 15.6 Å². The van der Waals surface area contributed by atoms with Gasteiger partial charge in [0.15, 0.2) is 5.01 Å². The van der Waals surface area contributed by atoms with Crippen molar-refractivity contribution >= 4 is 33.2 Å². The van der Waals surface area contributed by atoms with E-state index in [2.05, 4.69) is 15.2 Å². The zero-order chi connectivity index (χ0) is 31.0. The molecule has 3 aliphatic carbocycles. The number of rotatable bonds is 7. The Bertz CT molecular complexity index is 1910. The molecule has 230 valence electrons. The molecule has 4 aromatic rings. The van der Waals surface area contributed by atoms with Crippen LogP contribution < -0.4 is 0 Å². The van der Waals surface area contributed by atoms with Crippen LogP contribution in [0.1, 0.15) is 58.0 Å². The van der Waals surface area contributed by atoms with Crippen LogP contribution in [0.3, 0.4) is 0 Å². The van der Waals surface area contributed by atoms with Gasteiger partial charge in [-0.25, -0.2) is 22.5 Å². The van der Waals surface area contributed by atoms with Crippen LogP contribution in [0.25, 0.3) is 11.8 Å². The normalized spacial score (nSPS) is 22.0. The minimum atomic E-state index is -4.65. The Morgan fingerprint density at radius 2 is 1.82 bits per heavy atom. The lowest BCUT2D eigenvalue weighted by molar-refractivity contribution is -0.134. The number of Topliss-reactive ketones (excluding diaryl/α,β-unsaturated/α-hetero) is 1.